The largest absolute Gasteiger partial charge is 0.463 e. The molecule has 3 heterocycles. The Kier molecular flexibility index (Phi) is 5.32. The monoisotopic (exact) mass is 454 g/mol. The summed E-state index contributed by atoms with van der Waals surface area (Å²) in [5.41, 5.74) is 3.52. The normalized spacial score (nSPS) is 17.5. The molecule has 2 amide bonds. The summed E-state index contributed by atoms with van der Waals surface area (Å²) < 4.78 is 7.09. The third kappa shape index (κ3) is 3.69. The molecule has 7 heteroatoms. The summed E-state index contributed by atoms with van der Waals surface area (Å²) in [7, 11) is 0. The Labute approximate surface area is 198 Å². The van der Waals surface area contributed by atoms with Crippen molar-refractivity contribution in [1.82, 2.24) is 15.1 Å². The number of nitrogens with zero attached hydrogens (tertiary/aromatic N) is 3. The van der Waals surface area contributed by atoms with Crippen LogP contribution in [0.1, 0.15) is 34.1 Å². The minimum atomic E-state index is -1.19. The number of amides is 2. The van der Waals surface area contributed by atoms with Crippen molar-refractivity contribution < 1.29 is 14.0 Å². The van der Waals surface area contributed by atoms with Crippen LogP contribution < -0.4 is 10.2 Å². The van der Waals surface area contributed by atoms with Crippen LogP contribution in [0.25, 0.3) is 11.5 Å². The quantitative estimate of drug-likeness (QED) is 0.482. The molecule has 0 bridgehead atoms. The highest BCUT2D eigenvalue weighted by Crippen LogP contribution is 2.35. The standard InChI is InChI=1S/C27H26N4O3/c1-18-8-6-10-20(14-18)16-28-26(33)27(3)17-30-23(15-21(29-30)24-12-7-13-34-24)25(32)31(27)22-11-5-4-9-19(22)2/h4-15H,16-17H2,1-3H3,(H,28,33). The van der Waals surface area contributed by atoms with E-state index < -0.39 is 5.54 Å². The summed E-state index contributed by atoms with van der Waals surface area (Å²) in [4.78, 5) is 29.2. The molecule has 7 nitrogen and oxygen atoms in total. The number of para-hydroxylation sites is 1. The summed E-state index contributed by atoms with van der Waals surface area (Å²) in [6, 6.07) is 20.9. The maximum Gasteiger partial charge on any atom is 0.277 e. The van der Waals surface area contributed by atoms with Crippen molar-refractivity contribution in [1.29, 1.82) is 0 Å². The Balaban J connectivity index is 1.55. The molecule has 4 aromatic rings. The van der Waals surface area contributed by atoms with Gasteiger partial charge in [0.1, 0.15) is 16.9 Å². The molecule has 0 spiro atoms. The van der Waals surface area contributed by atoms with Gasteiger partial charge in [0.2, 0.25) is 5.91 Å². The van der Waals surface area contributed by atoms with Crippen LogP contribution >= 0.6 is 0 Å². The van der Waals surface area contributed by atoms with Gasteiger partial charge in [-0.05, 0) is 50.1 Å². The zero-order valence-corrected chi connectivity index (χ0v) is 19.4. The number of hydrogen-bond donors (Lipinski definition) is 1. The van der Waals surface area contributed by atoms with Crippen LogP contribution in [0.3, 0.4) is 0 Å². The fourth-order valence-electron chi connectivity index (χ4n) is 4.51. The average molecular weight is 455 g/mol. The highest BCUT2D eigenvalue weighted by atomic mass is 16.3. The molecule has 0 saturated carbocycles. The molecule has 2 aromatic carbocycles. The number of fused-ring (bicyclic) bond motifs is 1. The Morgan fingerprint density at radius 3 is 2.65 bits per heavy atom. The number of carbonyl (C=O) groups excluding carboxylic acids is 2. The second kappa shape index (κ2) is 8.33. The third-order valence-electron chi connectivity index (χ3n) is 6.31. The SMILES string of the molecule is Cc1cccc(CNC(=O)C2(C)Cn3nc(-c4ccco4)cc3C(=O)N2c2ccccc2C)c1. The Hall–Kier alpha value is -4.13. The van der Waals surface area contributed by atoms with Crippen molar-refractivity contribution >= 4 is 17.5 Å². The third-order valence-corrected chi connectivity index (χ3v) is 6.31. The molecule has 0 radical (unpaired) electrons. The van der Waals surface area contributed by atoms with E-state index in [1.54, 1.807) is 41.0 Å². The number of aromatic nitrogens is 2. The first-order chi connectivity index (χ1) is 16.4. The van der Waals surface area contributed by atoms with Crippen LogP contribution in [0.5, 0.6) is 0 Å². The Bertz CT molecular complexity index is 1370. The van der Waals surface area contributed by atoms with Gasteiger partial charge in [-0.3, -0.25) is 19.2 Å². The van der Waals surface area contributed by atoms with Crippen LogP contribution in [0.2, 0.25) is 0 Å². The lowest BCUT2D eigenvalue weighted by atomic mass is 9.93. The fourth-order valence-corrected chi connectivity index (χ4v) is 4.51. The van der Waals surface area contributed by atoms with Crippen molar-refractivity contribution in [2.75, 3.05) is 4.90 Å². The predicted octanol–water partition coefficient (Wildman–Crippen LogP) is 4.50. The van der Waals surface area contributed by atoms with E-state index in [0.717, 1.165) is 16.7 Å². The van der Waals surface area contributed by atoms with Crippen molar-refractivity contribution in [3.8, 4) is 11.5 Å². The van der Waals surface area contributed by atoms with E-state index in [0.29, 0.717) is 29.4 Å². The zero-order valence-electron chi connectivity index (χ0n) is 19.4. The van der Waals surface area contributed by atoms with Gasteiger partial charge >= 0.3 is 0 Å². The van der Waals surface area contributed by atoms with Gasteiger partial charge in [-0.15, -0.1) is 0 Å². The van der Waals surface area contributed by atoms with E-state index in [2.05, 4.69) is 10.4 Å². The van der Waals surface area contributed by atoms with Crippen molar-refractivity contribution in [3.05, 3.63) is 95.4 Å². The van der Waals surface area contributed by atoms with E-state index in [-0.39, 0.29) is 18.4 Å². The molecule has 34 heavy (non-hydrogen) atoms. The number of nitrogens with one attached hydrogen (secondary N) is 1. The number of carbonyl (C=O) groups is 2. The minimum Gasteiger partial charge on any atom is -0.463 e. The first-order valence-electron chi connectivity index (χ1n) is 11.2. The zero-order chi connectivity index (χ0) is 23.9. The summed E-state index contributed by atoms with van der Waals surface area (Å²) >= 11 is 0. The lowest BCUT2D eigenvalue weighted by molar-refractivity contribution is -0.126. The minimum absolute atomic E-state index is 0.211. The second-order valence-corrected chi connectivity index (χ2v) is 8.92. The van der Waals surface area contributed by atoms with Crippen LogP contribution in [0.15, 0.2) is 77.4 Å². The van der Waals surface area contributed by atoms with E-state index in [9.17, 15) is 9.59 Å². The molecule has 1 aliphatic heterocycles. The first-order valence-corrected chi connectivity index (χ1v) is 11.2. The Morgan fingerprint density at radius 1 is 1.09 bits per heavy atom. The number of benzene rings is 2. The summed E-state index contributed by atoms with van der Waals surface area (Å²) in [6.45, 7) is 6.33. The lowest BCUT2D eigenvalue weighted by Gasteiger charge is -2.43. The van der Waals surface area contributed by atoms with Crippen LogP contribution in [0, 0.1) is 13.8 Å². The topological polar surface area (TPSA) is 80.4 Å². The van der Waals surface area contributed by atoms with Crippen molar-refractivity contribution in [2.24, 2.45) is 0 Å². The van der Waals surface area contributed by atoms with Gasteiger partial charge in [-0.2, -0.15) is 5.10 Å². The van der Waals surface area contributed by atoms with Crippen LogP contribution in [-0.2, 0) is 17.9 Å². The van der Waals surface area contributed by atoms with E-state index in [1.807, 2.05) is 62.4 Å². The molecular weight excluding hydrogens is 428 g/mol. The maximum atomic E-state index is 13.8. The van der Waals surface area contributed by atoms with Crippen LogP contribution in [0.4, 0.5) is 5.69 Å². The number of hydrogen-bond acceptors (Lipinski definition) is 4. The summed E-state index contributed by atoms with van der Waals surface area (Å²) in [5.74, 6) is 0.0492. The highest BCUT2D eigenvalue weighted by Gasteiger charge is 2.49. The predicted molar refractivity (Wildman–Crippen MR) is 129 cm³/mol. The number of furan rings is 1. The fraction of sp³-hybridized carbons (Fsp3) is 0.222. The first kappa shape index (κ1) is 21.7. The molecular formula is C27H26N4O3. The molecule has 1 atom stereocenters. The van der Waals surface area contributed by atoms with E-state index >= 15 is 0 Å². The number of aryl methyl sites for hydroxylation is 2. The van der Waals surface area contributed by atoms with Gasteiger partial charge in [0.15, 0.2) is 5.76 Å². The molecule has 0 aliphatic carbocycles. The van der Waals surface area contributed by atoms with Gasteiger partial charge in [0, 0.05) is 18.3 Å². The highest BCUT2D eigenvalue weighted by molar-refractivity contribution is 6.12. The molecule has 2 aromatic heterocycles. The van der Waals surface area contributed by atoms with Crippen molar-refractivity contribution in [3.63, 3.8) is 0 Å². The summed E-state index contributed by atoms with van der Waals surface area (Å²) in [5, 5.41) is 7.65. The molecule has 1 aliphatic rings. The average Bonchev–Trinajstić information content (AvgIpc) is 3.49. The van der Waals surface area contributed by atoms with Gasteiger partial charge in [0.25, 0.3) is 5.91 Å². The molecule has 172 valence electrons. The van der Waals surface area contributed by atoms with Gasteiger partial charge in [-0.1, -0.05) is 48.0 Å². The van der Waals surface area contributed by atoms with Gasteiger partial charge in [0.05, 0.1) is 12.8 Å². The lowest BCUT2D eigenvalue weighted by Crippen LogP contribution is -2.64. The second-order valence-electron chi connectivity index (χ2n) is 8.92. The number of rotatable bonds is 5. The molecule has 0 fully saturated rings. The maximum absolute atomic E-state index is 13.8. The molecule has 0 saturated heterocycles. The van der Waals surface area contributed by atoms with E-state index in [1.165, 1.54) is 0 Å². The smallest absolute Gasteiger partial charge is 0.277 e. The summed E-state index contributed by atoms with van der Waals surface area (Å²) in [6.07, 6.45) is 1.57. The van der Waals surface area contributed by atoms with Gasteiger partial charge < -0.3 is 9.73 Å². The molecule has 1 N–H and O–H groups in total. The van der Waals surface area contributed by atoms with Crippen LogP contribution in [-0.4, -0.2) is 27.1 Å². The number of anilines is 1. The molecule has 5 rings (SSSR count). The van der Waals surface area contributed by atoms with Gasteiger partial charge in [-0.25, -0.2) is 0 Å². The molecule has 1 unspecified atom stereocenters. The van der Waals surface area contributed by atoms with Crippen molar-refractivity contribution in [2.45, 2.75) is 39.4 Å². The Morgan fingerprint density at radius 2 is 1.91 bits per heavy atom. The van der Waals surface area contributed by atoms with E-state index in [4.69, 9.17) is 4.42 Å².